The highest BCUT2D eigenvalue weighted by Gasteiger charge is 2.15. The number of benzene rings is 3. The lowest BCUT2D eigenvalue weighted by molar-refractivity contribution is 0.602. The normalized spacial score (nSPS) is 11.0. The van der Waals surface area contributed by atoms with E-state index < -0.39 is 0 Å². The Morgan fingerprint density at radius 1 is 0.739 bits per heavy atom. The molecule has 1 nitrogen and oxygen atoms in total. The molecule has 0 radical (unpaired) electrons. The van der Waals surface area contributed by atoms with Crippen molar-refractivity contribution < 1.29 is 4.39 Å². The second kappa shape index (κ2) is 5.94. The molecule has 3 heteroatoms. The van der Waals surface area contributed by atoms with E-state index in [2.05, 4.69) is 23.2 Å². The maximum atomic E-state index is 14.1. The van der Waals surface area contributed by atoms with E-state index in [1.165, 1.54) is 17.8 Å². The highest BCUT2D eigenvalue weighted by Crippen LogP contribution is 2.41. The molecule has 0 spiro atoms. The van der Waals surface area contributed by atoms with Gasteiger partial charge in [-0.25, -0.2) is 4.39 Å². The monoisotopic (exact) mass is 319 g/mol. The molecular weight excluding hydrogens is 305 g/mol. The Bertz CT molecular complexity index is 960. The number of halogens is 1. The van der Waals surface area contributed by atoms with Gasteiger partial charge in [-0.3, -0.25) is 0 Å². The Morgan fingerprint density at radius 2 is 1.43 bits per heavy atom. The predicted octanol–water partition coefficient (Wildman–Crippen LogP) is 6.13. The number of fused-ring (bicyclic) bond motifs is 1. The molecule has 0 aliphatic rings. The topological polar surface area (TPSA) is 15.8 Å². The third-order valence-corrected chi connectivity index (χ3v) is 4.95. The number of hydrogen-bond donors (Lipinski definition) is 1. The van der Waals surface area contributed by atoms with Crippen molar-refractivity contribution in [1.29, 1.82) is 0 Å². The zero-order valence-electron chi connectivity index (χ0n) is 12.3. The first-order valence-corrected chi connectivity index (χ1v) is 8.23. The second-order valence-corrected chi connectivity index (χ2v) is 6.33. The third-order valence-electron chi connectivity index (χ3n) is 3.77. The van der Waals surface area contributed by atoms with Crippen molar-refractivity contribution in [1.82, 2.24) is 4.98 Å². The van der Waals surface area contributed by atoms with Gasteiger partial charge in [0.25, 0.3) is 0 Å². The van der Waals surface area contributed by atoms with Crippen LogP contribution in [0.15, 0.2) is 88.7 Å². The van der Waals surface area contributed by atoms with Crippen LogP contribution in [0.4, 0.5) is 4.39 Å². The quantitative estimate of drug-likeness (QED) is 0.480. The summed E-state index contributed by atoms with van der Waals surface area (Å²) in [4.78, 5) is 5.16. The molecule has 0 saturated carbocycles. The summed E-state index contributed by atoms with van der Waals surface area (Å²) in [5, 5.41) is 1.11. The molecule has 0 amide bonds. The number of nitrogens with one attached hydrogen (secondary N) is 1. The van der Waals surface area contributed by atoms with Gasteiger partial charge in [0.15, 0.2) is 0 Å². The van der Waals surface area contributed by atoms with E-state index >= 15 is 0 Å². The Kier molecular flexibility index (Phi) is 3.64. The summed E-state index contributed by atoms with van der Waals surface area (Å²) in [6.07, 6.45) is 0. The maximum Gasteiger partial charge on any atom is 0.137 e. The van der Waals surface area contributed by atoms with Crippen molar-refractivity contribution in [2.75, 3.05) is 0 Å². The first-order valence-electron chi connectivity index (χ1n) is 7.41. The van der Waals surface area contributed by atoms with Gasteiger partial charge in [0, 0.05) is 20.7 Å². The van der Waals surface area contributed by atoms with E-state index in [1.54, 1.807) is 6.07 Å². The van der Waals surface area contributed by atoms with Crippen LogP contribution in [0, 0.1) is 5.82 Å². The summed E-state index contributed by atoms with van der Waals surface area (Å²) in [6, 6.07) is 25.2. The van der Waals surface area contributed by atoms with Crippen molar-refractivity contribution in [3.63, 3.8) is 0 Å². The molecule has 23 heavy (non-hydrogen) atoms. The molecule has 0 fully saturated rings. The molecule has 0 aliphatic carbocycles. The van der Waals surface area contributed by atoms with Gasteiger partial charge < -0.3 is 4.98 Å². The summed E-state index contributed by atoms with van der Waals surface area (Å²) in [5.74, 6) is -0.193. The van der Waals surface area contributed by atoms with Crippen molar-refractivity contribution in [3.8, 4) is 11.3 Å². The van der Waals surface area contributed by atoms with Crippen LogP contribution >= 0.6 is 11.8 Å². The van der Waals surface area contributed by atoms with E-state index in [1.807, 2.05) is 48.5 Å². The van der Waals surface area contributed by atoms with Crippen LogP contribution in [0.5, 0.6) is 0 Å². The average Bonchev–Trinajstić information content (AvgIpc) is 2.96. The summed E-state index contributed by atoms with van der Waals surface area (Å²) in [7, 11) is 0. The van der Waals surface area contributed by atoms with E-state index in [0.717, 1.165) is 27.1 Å². The van der Waals surface area contributed by atoms with Gasteiger partial charge in [-0.2, -0.15) is 0 Å². The fourth-order valence-electron chi connectivity index (χ4n) is 2.67. The molecule has 0 bridgehead atoms. The lowest BCUT2D eigenvalue weighted by Crippen LogP contribution is -1.83. The van der Waals surface area contributed by atoms with Crippen LogP contribution in [0.3, 0.4) is 0 Å². The summed E-state index contributed by atoms with van der Waals surface area (Å²) < 4.78 is 14.1. The molecule has 1 aromatic heterocycles. The first kappa shape index (κ1) is 14.1. The smallest absolute Gasteiger partial charge is 0.137 e. The van der Waals surface area contributed by atoms with Crippen LogP contribution in [-0.4, -0.2) is 4.98 Å². The van der Waals surface area contributed by atoms with E-state index in [9.17, 15) is 4.39 Å². The number of rotatable bonds is 3. The molecule has 0 atom stereocenters. The minimum absolute atomic E-state index is 0.193. The van der Waals surface area contributed by atoms with Gasteiger partial charge in [0.1, 0.15) is 5.82 Å². The first-order chi connectivity index (χ1) is 11.3. The van der Waals surface area contributed by atoms with Gasteiger partial charge in [-0.05, 0) is 23.8 Å². The molecule has 1 N–H and O–H groups in total. The molecule has 3 aromatic carbocycles. The number of H-pyrrole nitrogens is 1. The SMILES string of the molecule is Fc1ccccc1Sc1c(-c2ccccc2)[nH]c2ccccc12. The highest BCUT2D eigenvalue weighted by molar-refractivity contribution is 7.99. The van der Waals surface area contributed by atoms with E-state index in [0.29, 0.717) is 4.90 Å². The number of aromatic amines is 1. The standard InChI is InChI=1S/C20H14FNS/c21-16-11-5-7-13-18(16)23-20-15-10-4-6-12-17(15)22-19(20)14-8-2-1-3-9-14/h1-13,22H. The van der Waals surface area contributed by atoms with Crippen molar-refractivity contribution in [3.05, 3.63) is 84.7 Å². The van der Waals surface area contributed by atoms with Crippen molar-refractivity contribution in [2.24, 2.45) is 0 Å². The summed E-state index contributed by atoms with van der Waals surface area (Å²) >= 11 is 1.47. The maximum absolute atomic E-state index is 14.1. The van der Waals surface area contributed by atoms with Crippen LogP contribution < -0.4 is 0 Å². The lowest BCUT2D eigenvalue weighted by atomic mass is 10.1. The molecule has 0 saturated heterocycles. The van der Waals surface area contributed by atoms with Crippen LogP contribution in [0.25, 0.3) is 22.2 Å². The number of hydrogen-bond acceptors (Lipinski definition) is 1. The zero-order chi connectivity index (χ0) is 15.6. The highest BCUT2D eigenvalue weighted by atomic mass is 32.2. The van der Waals surface area contributed by atoms with Crippen LogP contribution in [0.1, 0.15) is 0 Å². The summed E-state index contributed by atoms with van der Waals surface area (Å²) in [6.45, 7) is 0. The molecule has 4 rings (SSSR count). The van der Waals surface area contributed by atoms with Crippen molar-refractivity contribution >= 4 is 22.7 Å². The Labute approximate surface area is 138 Å². The van der Waals surface area contributed by atoms with Gasteiger partial charge in [0.05, 0.1) is 5.69 Å². The number of aromatic nitrogens is 1. The fraction of sp³-hybridized carbons (Fsp3) is 0. The minimum Gasteiger partial charge on any atom is -0.354 e. The Balaban J connectivity index is 1.92. The lowest BCUT2D eigenvalue weighted by Gasteiger charge is -2.06. The molecule has 1 heterocycles. The van der Waals surface area contributed by atoms with Crippen molar-refractivity contribution in [2.45, 2.75) is 9.79 Å². The minimum atomic E-state index is -0.193. The molecule has 0 aliphatic heterocycles. The van der Waals surface area contributed by atoms with Gasteiger partial charge >= 0.3 is 0 Å². The third kappa shape index (κ3) is 2.64. The summed E-state index contributed by atoms with van der Waals surface area (Å²) in [5.41, 5.74) is 3.19. The van der Waals surface area contributed by atoms with Crippen LogP contribution in [-0.2, 0) is 0 Å². The van der Waals surface area contributed by atoms with Gasteiger partial charge in [0.2, 0.25) is 0 Å². The zero-order valence-corrected chi connectivity index (χ0v) is 13.1. The van der Waals surface area contributed by atoms with Crippen LogP contribution in [0.2, 0.25) is 0 Å². The molecular formula is C20H14FNS. The Morgan fingerprint density at radius 3 is 2.26 bits per heavy atom. The number of para-hydroxylation sites is 1. The van der Waals surface area contributed by atoms with Gasteiger partial charge in [-0.1, -0.05) is 72.4 Å². The fourth-order valence-corrected chi connectivity index (χ4v) is 3.76. The molecule has 4 aromatic rings. The second-order valence-electron chi connectivity index (χ2n) is 5.27. The Hall–Kier alpha value is -2.52. The van der Waals surface area contributed by atoms with E-state index in [4.69, 9.17) is 0 Å². The molecule has 0 unspecified atom stereocenters. The van der Waals surface area contributed by atoms with Gasteiger partial charge in [-0.15, -0.1) is 0 Å². The van der Waals surface area contributed by atoms with E-state index in [-0.39, 0.29) is 5.82 Å². The largest absolute Gasteiger partial charge is 0.354 e. The molecule has 112 valence electrons. The average molecular weight is 319 g/mol. The predicted molar refractivity (Wildman–Crippen MR) is 94.3 cm³/mol.